The minimum Gasteiger partial charge on any atom is -0.480 e. The summed E-state index contributed by atoms with van der Waals surface area (Å²) < 4.78 is 7.44. The number of hydrogen-bond acceptors (Lipinski definition) is 4. The highest BCUT2D eigenvalue weighted by Gasteiger charge is 2.22. The molecule has 0 unspecified atom stereocenters. The summed E-state index contributed by atoms with van der Waals surface area (Å²) >= 11 is 0. The number of ether oxygens (including phenoxy) is 1. The molecule has 1 aliphatic rings. The van der Waals surface area contributed by atoms with Crippen molar-refractivity contribution in [3.05, 3.63) is 78.1 Å². The van der Waals surface area contributed by atoms with Crippen LogP contribution >= 0.6 is 0 Å². The van der Waals surface area contributed by atoms with Crippen molar-refractivity contribution < 1.29 is 4.74 Å². The van der Waals surface area contributed by atoms with Gasteiger partial charge in [-0.1, -0.05) is 42.5 Å². The molecule has 6 rings (SSSR count). The third-order valence-corrected chi connectivity index (χ3v) is 6.00. The molecule has 0 amide bonds. The predicted molar refractivity (Wildman–Crippen MR) is 120 cm³/mol. The van der Waals surface area contributed by atoms with Crippen LogP contribution in [0.1, 0.15) is 17.5 Å². The van der Waals surface area contributed by atoms with Crippen LogP contribution in [-0.2, 0) is 12.8 Å². The molecule has 1 aliphatic carbocycles. The Hall–Kier alpha value is -3.93. The lowest BCUT2D eigenvalue weighted by Gasteiger charge is -2.08. The van der Waals surface area contributed by atoms with Crippen molar-refractivity contribution in [3.63, 3.8) is 0 Å². The standard InChI is InChI=1S/C25H21N5O/c1-31-22-13-21(20-14-26-27-15-20)25-28-23(19-11-10-16-8-5-9-18(16)12-19)24(30(25)29-22)17-6-3-2-4-7-17/h2-4,6-7,10-15H,5,8-9H2,1H3,(H,26,27). The van der Waals surface area contributed by atoms with Crippen LogP contribution in [0.25, 0.3) is 39.3 Å². The fourth-order valence-corrected chi connectivity index (χ4v) is 4.49. The van der Waals surface area contributed by atoms with E-state index in [4.69, 9.17) is 14.8 Å². The Kier molecular flexibility index (Phi) is 4.09. The van der Waals surface area contributed by atoms with Crippen LogP contribution in [-0.4, -0.2) is 31.9 Å². The third kappa shape index (κ3) is 2.91. The lowest BCUT2D eigenvalue weighted by atomic mass is 10.0. The van der Waals surface area contributed by atoms with Crippen molar-refractivity contribution >= 4 is 5.65 Å². The van der Waals surface area contributed by atoms with Crippen LogP contribution < -0.4 is 4.74 Å². The normalized spacial score (nSPS) is 12.9. The molecule has 0 saturated heterocycles. The zero-order valence-electron chi connectivity index (χ0n) is 17.2. The maximum absolute atomic E-state index is 5.54. The van der Waals surface area contributed by atoms with E-state index in [0.717, 1.165) is 52.1 Å². The molecule has 6 heteroatoms. The highest BCUT2D eigenvalue weighted by Crippen LogP contribution is 2.37. The molecule has 0 fully saturated rings. The minimum absolute atomic E-state index is 0.527. The van der Waals surface area contributed by atoms with Crippen molar-refractivity contribution in [3.8, 4) is 39.5 Å². The lowest BCUT2D eigenvalue weighted by molar-refractivity contribution is 0.390. The number of H-pyrrole nitrogens is 1. The molecule has 0 atom stereocenters. The predicted octanol–water partition coefficient (Wildman–Crippen LogP) is 4.95. The molecule has 0 bridgehead atoms. The van der Waals surface area contributed by atoms with E-state index in [-0.39, 0.29) is 0 Å². The molecule has 3 aromatic heterocycles. The van der Waals surface area contributed by atoms with Gasteiger partial charge in [0, 0.05) is 34.5 Å². The second kappa shape index (κ2) is 7.09. The third-order valence-electron chi connectivity index (χ3n) is 6.00. The molecule has 0 saturated carbocycles. The van der Waals surface area contributed by atoms with Crippen LogP contribution in [0.2, 0.25) is 0 Å². The van der Waals surface area contributed by atoms with Gasteiger partial charge in [-0.3, -0.25) is 5.10 Å². The molecule has 3 heterocycles. The van der Waals surface area contributed by atoms with Gasteiger partial charge in [0.1, 0.15) is 5.69 Å². The zero-order valence-corrected chi connectivity index (χ0v) is 17.2. The van der Waals surface area contributed by atoms with Gasteiger partial charge < -0.3 is 4.74 Å². The fraction of sp³-hybridized carbons (Fsp3) is 0.160. The molecular weight excluding hydrogens is 386 g/mol. The molecule has 0 spiro atoms. The fourth-order valence-electron chi connectivity index (χ4n) is 4.49. The van der Waals surface area contributed by atoms with Crippen molar-refractivity contribution in [2.75, 3.05) is 7.11 Å². The average molecular weight is 407 g/mol. The first kappa shape index (κ1) is 17.9. The van der Waals surface area contributed by atoms with Gasteiger partial charge in [-0.2, -0.15) is 5.10 Å². The monoisotopic (exact) mass is 407 g/mol. The first-order valence-corrected chi connectivity index (χ1v) is 10.5. The lowest BCUT2D eigenvalue weighted by Crippen LogP contribution is -2.00. The van der Waals surface area contributed by atoms with E-state index in [1.807, 2.05) is 35.0 Å². The summed E-state index contributed by atoms with van der Waals surface area (Å²) in [5.41, 5.74) is 9.56. The van der Waals surface area contributed by atoms with Gasteiger partial charge in [0.2, 0.25) is 5.88 Å². The number of benzene rings is 2. The first-order valence-electron chi connectivity index (χ1n) is 10.5. The number of aromatic nitrogens is 5. The van der Waals surface area contributed by atoms with Crippen molar-refractivity contribution in [1.82, 2.24) is 24.8 Å². The average Bonchev–Trinajstić information content (AvgIpc) is 3.57. The Labute approximate surface area is 179 Å². The summed E-state index contributed by atoms with van der Waals surface area (Å²) in [6.45, 7) is 0. The quantitative estimate of drug-likeness (QED) is 0.458. The van der Waals surface area contributed by atoms with Crippen LogP contribution in [0.4, 0.5) is 0 Å². The SMILES string of the molecule is COc1cc(-c2cn[nH]c2)c2nc(-c3ccc4c(c3)CCC4)c(-c3ccccc3)n2n1. The molecule has 31 heavy (non-hydrogen) atoms. The summed E-state index contributed by atoms with van der Waals surface area (Å²) in [4.78, 5) is 5.12. The Balaban J connectivity index is 1.69. The number of imidazole rings is 1. The second-order valence-corrected chi connectivity index (χ2v) is 7.83. The molecular formula is C25H21N5O. The number of aromatic amines is 1. The van der Waals surface area contributed by atoms with E-state index < -0.39 is 0 Å². The number of aryl methyl sites for hydroxylation is 2. The van der Waals surface area contributed by atoms with Gasteiger partial charge in [0.25, 0.3) is 0 Å². The number of nitrogens with zero attached hydrogens (tertiary/aromatic N) is 4. The van der Waals surface area contributed by atoms with E-state index in [2.05, 4.69) is 40.5 Å². The van der Waals surface area contributed by atoms with Gasteiger partial charge >= 0.3 is 0 Å². The van der Waals surface area contributed by atoms with Gasteiger partial charge in [0.05, 0.1) is 19.0 Å². The van der Waals surface area contributed by atoms with Gasteiger partial charge in [-0.15, -0.1) is 5.10 Å². The summed E-state index contributed by atoms with van der Waals surface area (Å²) in [6, 6.07) is 18.9. The van der Waals surface area contributed by atoms with Crippen LogP contribution in [0.5, 0.6) is 5.88 Å². The second-order valence-electron chi connectivity index (χ2n) is 7.83. The summed E-state index contributed by atoms with van der Waals surface area (Å²) in [6.07, 6.45) is 7.17. The van der Waals surface area contributed by atoms with Gasteiger partial charge in [0.15, 0.2) is 5.65 Å². The molecule has 6 nitrogen and oxygen atoms in total. The highest BCUT2D eigenvalue weighted by atomic mass is 16.5. The molecule has 1 N–H and O–H groups in total. The number of hydrogen-bond donors (Lipinski definition) is 1. The van der Waals surface area contributed by atoms with E-state index >= 15 is 0 Å². The minimum atomic E-state index is 0.527. The Morgan fingerprint density at radius 2 is 1.81 bits per heavy atom. The number of nitrogens with one attached hydrogen (secondary N) is 1. The van der Waals surface area contributed by atoms with E-state index in [1.54, 1.807) is 13.3 Å². The molecule has 0 aliphatic heterocycles. The summed E-state index contributed by atoms with van der Waals surface area (Å²) in [7, 11) is 1.63. The van der Waals surface area contributed by atoms with Crippen molar-refractivity contribution in [2.45, 2.75) is 19.3 Å². The van der Waals surface area contributed by atoms with Gasteiger partial charge in [-0.05, 0) is 36.5 Å². The van der Waals surface area contributed by atoms with Crippen molar-refractivity contribution in [2.24, 2.45) is 0 Å². The maximum Gasteiger partial charge on any atom is 0.232 e. The highest BCUT2D eigenvalue weighted by molar-refractivity contribution is 5.87. The van der Waals surface area contributed by atoms with Crippen LogP contribution in [0.15, 0.2) is 67.0 Å². The molecule has 2 aromatic carbocycles. The van der Waals surface area contributed by atoms with Gasteiger partial charge in [-0.25, -0.2) is 9.50 Å². The Bertz CT molecular complexity index is 1390. The van der Waals surface area contributed by atoms with E-state index in [9.17, 15) is 0 Å². The number of fused-ring (bicyclic) bond motifs is 2. The smallest absolute Gasteiger partial charge is 0.232 e. The Morgan fingerprint density at radius 3 is 2.61 bits per heavy atom. The van der Waals surface area contributed by atoms with E-state index in [0.29, 0.717) is 5.88 Å². The molecule has 0 radical (unpaired) electrons. The van der Waals surface area contributed by atoms with E-state index in [1.165, 1.54) is 17.5 Å². The maximum atomic E-state index is 5.54. The summed E-state index contributed by atoms with van der Waals surface area (Å²) in [5.74, 6) is 0.527. The molecule has 152 valence electrons. The first-order chi connectivity index (χ1) is 15.3. The molecule has 5 aromatic rings. The number of methoxy groups -OCH3 is 1. The van der Waals surface area contributed by atoms with Crippen molar-refractivity contribution in [1.29, 1.82) is 0 Å². The zero-order chi connectivity index (χ0) is 20.8. The summed E-state index contributed by atoms with van der Waals surface area (Å²) in [5, 5.41) is 11.8. The number of rotatable bonds is 4. The van der Waals surface area contributed by atoms with Crippen LogP contribution in [0, 0.1) is 0 Å². The topological polar surface area (TPSA) is 68.1 Å². The Morgan fingerprint density at radius 1 is 0.935 bits per heavy atom. The van der Waals surface area contributed by atoms with Crippen LogP contribution in [0.3, 0.4) is 0 Å². The largest absolute Gasteiger partial charge is 0.480 e.